The van der Waals surface area contributed by atoms with E-state index in [0.29, 0.717) is 0 Å². The fourth-order valence-corrected chi connectivity index (χ4v) is 0. The summed E-state index contributed by atoms with van der Waals surface area (Å²) >= 11 is 0. The molecule has 0 aliphatic carbocycles. The molecule has 0 saturated heterocycles. The second kappa shape index (κ2) is 10.1. The Hall–Kier alpha value is 3.11. The fourth-order valence-electron chi connectivity index (χ4n) is 0. The van der Waals surface area contributed by atoms with Crippen molar-refractivity contribution in [3.63, 3.8) is 0 Å². The van der Waals surface area contributed by atoms with Crippen LogP contribution in [0.25, 0.3) is 0 Å². The molecule has 1 radical (unpaired) electrons. The Labute approximate surface area is 115 Å². The molecule has 0 amide bonds. The van der Waals surface area contributed by atoms with Crippen LogP contribution in [0.2, 0.25) is 0 Å². The molecule has 4 nitrogen and oxygen atoms in total. The zero-order valence-corrected chi connectivity index (χ0v) is 12.0. The van der Waals surface area contributed by atoms with Gasteiger partial charge in [-0.15, -0.1) is 0 Å². The molecule has 0 bridgehead atoms. The molecular formula is HNa3O4P. The zero-order chi connectivity index (χ0) is 4.50. The summed E-state index contributed by atoms with van der Waals surface area (Å²) in [7, 11) is -5.39. The monoisotopic (exact) mass is 165 g/mol. The minimum atomic E-state index is -5.39. The van der Waals surface area contributed by atoms with Crippen LogP contribution in [0.1, 0.15) is 1.43 Å². The first kappa shape index (κ1) is 22.5. The maximum Gasteiger partial charge on any atom is 1.00 e. The quantitative estimate of drug-likeness (QED) is 0.263. The van der Waals surface area contributed by atoms with E-state index < -0.39 is 7.82 Å². The minimum Gasteiger partial charge on any atom is -0.822 e. The summed E-state index contributed by atoms with van der Waals surface area (Å²) < 4.78 is 8.55. The molecule has 33 valence electrons. The van der Waals surface area contributed by atoms with Crippen molar-refractivity contribution in [3.8, 4) is 0 Å². The van der Waals surface area contributed by atoms with Gasteiger partial charge in [-0.2, -0.15) is 7.82 Å². The van der Waals surface area contributed by atoms with Crippen molar-refractivity contribution >= 4 is 7.82 Å². The van der Waals surface area contributed by atoms with Gasteiger partial charge in [0, 0.05) is 1.43 Å². The molecule has 0 fully saturated rings. The Morgan fingerprint density at radius 3 is 1.00 bits per heavy atom. The molecule has 0 rings (SSSR count). The third-order valence-corrected chi connectivity index (χ3v) is 0. The maximum atomic E-state index is 8.55. The molecule has 0 unspecified atom stereocenters. The van der Waals surface area contributed by atoms with Crippen LogP contribution in [0.4, 0.5) is 0 Å². The number of phosphoric acid groups is 1. The molecule has 0 N–H and O–H groups in total. The third kappa shape index (κ3) is 61.9. The summed E-state index contributed by atoms with van der Waals surface area (Å²) in [5, 5.41) is 0. The van der Waals surface area contributed by atoms with Gasteiger partial charge in [0.2, 0.25) is 0 Å². The van der Waals surface area contributed by atoms with Crippen molar-refractivity contribution in [3.05, 3.63) is 0 Å². The van der Waals surface area contributed by atoms with Crippen LogP contribution >= 0.6 is 7.82 Å². The van der Waals surface area contributed by atoms with E-state index in [2.05, 4.69) is 0 Å². The van der Waals surface area contributed by atoms with Gasteiger partial charge in [-0.25, -0.2) is 0 Å². The zero-order valence-electron chi connectivity index (χ0n) is 6.08. The number of hydrogen-bond donors (Lipinski definition) is 0. The van der Waals surface area contributed by atoms with Gasteiger partial charge in [0.25, 0.3) is 0 Å². The van der Waals surface area contributed by atoms with E-state index in [4.69, 9.17) is 19.2 Å². The summed E-state index contributed by atoms with van der Waals surface area (Å²) in [5.74, 6) is 0. The summed E-state index contributed by atoms with van der Waals surface area (Å²) in [4.78, 5) is 25.6. The average molecular weight is 165 g/mol. The van der Waals surface area contributed by atoms with Gasteiger partial charge < -0.3 is 19.2 Å². The van der Waals surface area contributed by atoms with Gasteiger partial charge in [0.15, 0.2) is 0 Å². The molecule has 0 atom stereocenters. The molecule has 0 aromatic carbocycles. The summed E-state index contributed by atoms with van der Waals surface area (Å²) in [6.45, 7) is 0. The van der Waals surface area contributed by atoms with E-state index in [-0.39, 0.29) is 90.1 Å². The van der Waals surface area contributed by atoms with E-state index in [1.165, 1.54) is 0 Å². The number of rotatable bonds is 0. The summed E-state index contributed by atoms with van der Waals surface area (Å²) in [6, 6.07) is 0. The van der Waals surface area contributed by atoms with E-state index >= 15 is 0 Å². The van der Waals surface area contributed by atoms with Gasteiger partial charge in [0.1, 0.15) is 0 Å². The van der Waals surface area contributed by atoms with Crippen LogP contribution < -0.4 is 103 Å². The average Bonchev–Trinajstić information content (AvgIpc) is 0.722. The molecule has 0 aliphatic heterocycles. The standard InChI is InChI=1S/3Na.H3O4P.H/c;;;1-5(2,3)4;/h;;;(H3,1,2,3,4);/q3*+1;;/p-3. The summed E-state index contributed by atoms with van der Waals surface area (Å²) in [6.07, 6.45) is 0. The van der Waals surface area contributed by atoms with Crippen LogP contribution in [0, 0.1) is 0 Å². The van der Waals surface area contributed by atoms with E-state index in [9.17, 15) is 0 Å². The SMILES string of the molecule is O=P([O-])([O-])[O-].[H].[Na+].[Na+].[Na+]. The van der Waals surface area contributed by atoms with Crippen LogP contribution in [-0.2, 0) is 4.57 Å². The van der Waals surface area contributed by atoms with Gasteiger partial charge in [0.05, 0.1) is 0 Å². The van der Waals surface area contributed by atoms with E-state index in [1.807, 2.05) is 0 Å². The smallest absolute Gasteiger partial charge is 0.822 e. The Morgan fingerprint density at radius 1 is 1.00 bits per heavy atom. The normalized spacial score (nSPS) is 7.38. The topological polar surface area (TPSA) is 86.2 Å². The molecule has 0 heterocycles. The van der Waals surface area contributed by atoms with Gasteiger partial charge in [-0.1, -0.05) is 0 Å². The predicted molar refractivity (Wildman–Crippen MR) is 8.72 cm³/mol. The van der Waals surface area contributed by atoms with Crippen LogP contribution in [0.15, 0.2) is 0 Å². The molecular weight excluding hydrogens is 164 g/mol. The van der Waals surface area contributed by atoms with E-state index in [1.54, 1.807) is 0 Å². The Bertz CT molecular complexity index is 61.9. The number of hydrogen-bond acceptors (Lipinski definition) is 4. The third-order valence-electron chi connectivity index (χ3n) is 0. The molecule has 0 aliphatic rings. The Balaban J connectivity index is -0.0000000133. The minimum absolute atomic E-state index is 0. The molecule has 0 saturated carbocycles. The van der Waals surface area contributed by atoms with Crippen molar-refractivity contribution in [1.82, 2.24) is 0 Å². The van der Waals surface area contributed by atoms with Crippen LogP contribution in [-0.4, -0.2) is 0 Å². The van der Waals surface area contributed by atoms with Gasteiger partial charge in [-0.05, 0) is 0 Å². The van der Waals surface area contributed by atoms with Gasteiger partial charge >= 0.3 is 88.7 Å². The van der Waals surface area contributed by atoms with Crippen molar-refractivity contribution in [2.45, 2.75) is 0 Å². The molecule has 0 spiro atoms. The molecule has 0 aromatic heterocycles. The van der Waals surface area contributed by atoms with Crippen molar-refractivity contribution in [2.75, 3.05) is 0 Å². The maximum absolute atomic E-state index is 8.55. The first-order valence-corrected chi connectivity index (χ1v) is 2.19. The second-order valence-electron chi connectivity index (χ2n) is 0.447. The molecule has 8 heteroatoms. The molecule has 8 heavy (non-hydrogen) atoms. The Kier molecular flexibility index (Phi) is 28.4. The Morgan fingerprint density at radius 2 is 1.00 bits per heavy atom. The summed E-state index contributed by atoms with van der Waals surface area (Å²) in [5.41, 5.74) is 0. The van der Waals surface area contributed by atoms with Crippen LogP contribution in [0.5, 0.6) is 0 Å². The molecule has 0 aromatic rings. The second-order valence-corrected chi connectivity index (χ2v) is 1.34. The van der Waals surface area contributed by atoms with Crippen molar-refractivity contribution in [1.29, 1.82) is 0 Å². The van der Waals surface area contributed by atoms with Gasteiger partial charge in [-0.3, -0.25) is 0 Å². The largest absolute Gasteiger partial charge is 1.00 e. The van der Waals surface area contributed by atoms with Crippen molar-refractivity contribution < 1.29 is 109 Å². The van der Waals surface area contributed by atoms with Crippen LogP contribution in [0.3, 0.4) is 0 Å². The van der Waals surface area contributed by atoms with E-state index in [0.717, 1.165) is 0 Å². The first-order valence-electron chi connectivity index (χ1n) is 0.730. The predicted octanol–water partition coefficient (Wildman–Crippen LogP) is -11.7. The van der Waals surface area contributed by atoms with Crippen molar-refractivity contribution in [2.24, 2.45) is 0 Å². The first-order chi connectivity index (χ1) is 2.00. The fraction of sp³-hybridized carbons (Fsp3) is 0.